The normalized spacial score (nSPS) is 14.5. The van der Waals surface area contributed by atoms with Gasteiger partial charge < -0.3 is 11.1 Å². The van der Waals surface area contributed by atoms with Crippen molar-refractivity contribution in [3.8, 4) is 0 Å². The monoisotopic (exact) mass is 365 g/mol. The summed E-state index contributed by atoms with van der Waals surface area (Å²) in [5, 5.41) is 4.87. The highest BCUT2D eigenvalue weighted by molar-refractivity contribution is 7.12. The van der Waals surface area contributed by atoms with E-state index < -0.39 is 0 Å². The second-order valence-corrected chi connectivity index (χ2v) is 7.21. The summed E-state index contributed by atoms with van der Waals surface area (Å²) in [4.78, 5) is 13.7. The summed E-state index contributed by atoms with van der Waals surface area (Å²) >= 11 is 7.75. The minimum Gasteiger partial charge on any atom is -0.387 e. The second kappa shape index (κ2) is 9.39. The molecule has 7 heteroatoms. The van der Waals surface area contributed by atoms with Gasteiger partial charge in [-0.1, -0.05) is 24.8 Å². The predicted molar refractivity (Wildman–Crippen MR) is 107 cm³/mol. The van der Waals surface area contributed by atoms with E-state index in [0.29, 0.717) is 22.3 Å². The molecule has 1 aromatic heterocycles. The van der Waals surface area contributed by atoms with Crippen molar-refractivity contribution in [3.05, 3.63) is 45.7 Å². The lowest BCUT2D eigenvalue weighted by atomic mass is 10.2. The maximum atomic E-state index is 6.10. The van der Waals surface area contributed by atoms with E-state index >= 15 is 0 Å². The number of thiazole rings is 1. The number of nitrogens with one attached hydrogen (secondary N) is 1. The van der Waals surface area contributed by atoms with Gasteiger partial charge in [-0.15, -0.1) is 11.3 Å². The van der Waals surface area contributed by atoms with Gasteiger partial charge in [0.1, 0.15) is 12.0 Å². The Morgan fingerprint density at radius 3 is 2.62 bits per heavy atom. The zero-order valence-electron chi connectivity index (χ0n) is 14.6. The topological polar surface area (TPSA) is 75.7 Å². The van der Waals surface area contributed by atoms with Crippen molar-refractivity contribution in [3.63, 3.8) is 0 Å². The zero-order chi connectivity index (χ0) is 18.3. The molecule has 0 amide bonds. The third kappa shape index (κ3) is 6.68. The summed E-state index contributed by atoms with van der Waals surface area (Å²) < 4.78 is 0. The van der Waals surface area contributed by atoms with E-state index in [1.165, 1.54) is 6.34 Å². The first-order valence-corrected chi connectivity index (χ1v) is 8.65. The van der Waals surface area contributed by atoms with Crippen LogP contribution >= 0.6 is 22.9 Å². The first-order valence-electron chi connectivity index (χ1n) is 7.45. The molecule has 0 spiro atoms. The molecule has 0 aliphatic heterocycles. The molecule has 0 saturated heterocycles. The molecule has 5 nitrogen and oxygen atoms in total. The van der Waals surface area contributed by atoms with Gasteiger partial charge in [0.05, 0.1) is 16.5 Å². The molecule has 0 bridgehead atoms. The van der Waals surface area contributed by atoms with Crippen molar-refractivity contribution < 1.29 is 0 Å². The number of nitrogens with two attached hydrogens (primary N) is 1. The lowest BCUT2D eigenvalue weighted by Gasteiger charge is -2.16. The summed E-state index contributed by atoms with van der Waals surface area (Å²) in [6, 6.07) is 0.127. The fraction of sp³-hybridized carbons (Fsp3) is 0.353. The van der Waals surface area contributed by atoms with Crippen LogP contribution < -0.4 is 11.1 Å². The van der Waals surface area contributed by atoms with Crippen LogP contribution in [0.3, 0.4) is 0 Å². The van der Waals surface area contributed by atoms with Crippen LogP contribution in [0.5, 0.6) is 0 Å². The van der Waals surface area contributed by atoms with Crippen molar-refractivity contribution in [2.24, 2.45) is 15.7 Å². The molecule has 0 aromatic carbocycles. The standard InChI is InChI=1S/C17H24ClN5S/c1-10(2)15-8-20-16(24-15)7-11(3)23-13(5)17(12(4)18)22-9-21-14(6)19/h8-9,11,23H,1,5,7H2,2-4,6H3,(H2,19,21,22)/b17-12+/t11-/m1/s1. The second-order valence-electron chi connectivity index (χ2n) is 5.52. The number of halogens is 1. The Kier molecular flexibility index (Phi) is 7.88. The summed E-state index contributed by atoms with van der Waals surface area (Å²) in [5.74, 6) is 0.425. The van der Waals surface area contributed by atoms with Crippen LogP contribution in [0.4, 0.5) is 0 Å². The molecular formula is C17H24ClN5S. The van der Waals surface area contributed by atoms with E-state index in [-0.39, 0.29) is 6.04 Å². The van der Waals surface area contributed by atoms with Crippen molar-refractivity contribution in [1.82, 2.24) is 10.3 Å². The number of aliphatic imine (C=N–C) groups is 2. The first kappa shape index (κ1) is 20.1. The number of aromatic nitrogens is 1. The van der Waals surface area contributed by atoms with Crippen molar-refractivity contribution in [2.45, 2.75) is 40.2 Å². The molecule has 3 N–H and O–H groups in total. The molecule has 0 aliphatic rings. The molecule has 1 atom stereocenters. The Morgan fingerprint density at radius 2 is 2.12 bits per heavy atom. The minimum absolute atomic E-state index is 0.127. The molecule has 0 saturated carbocycles. The van der Waals surface area contributed by atoms with Crippen LogP contribution in [-0.4, -0.2) is 23.2 Å². The van der Waals surface area contributed by atoms with E-state index in [4.69, 9.17) is 17.3 Å². The van der Waals surface area contributed by atoms with Gasteiger partial charge >= 0.3 is 0 Å². The Bertz CT molecular complexity index is 692. The highest BCUT2D eigenvalue weighted by Crippen LogP contribution is 2.22. The van der Waals surface area contributed by atoms with E-state index in [0.717, 1.165) is 21.9 Å². The van der Waals surface area contributed by atoms with E-state index in [1.54, 1.807) is 25.2 Å². The van der Waals surface area contributed by atoms with Gasteiger partial charge in [0, 0.05) is 28.6 Å². The fourth-order valence-electron chi connectivity index (χ4n) is 1.83. The van der Waals surface area contributed by atoms with Gasteiger partial charge in [-0.05, 0) is 33.3 Å². The Balaban J connectivity index is 2.72. The fourth-order valence-corrected chi connectivity index (χ4v) is 2.97. The van der Waals surface area contributed by atoms with Gasteiger partial charge in [-0.2, -0.15) is 0 Å². The number of nitrogens with zero attached hydrogens (tertiary/aromatic N) is 3. The maximum absolute atomic E-state index is 6.10. The summed E-state index contributed by atoms with van der Waals surface area (Å²) in [6.45, 7) is 15.4. The molecule has 0 radical (unpaired) electrons. The zero-order valence-corrected chi connectivity index (χ0v) is 16.1. The minimum atomic E-state index is 0.127. The molecule has 0 fully saturated rings. The van der Waals surface area contributed by atoms with Crippen molar-refractivity contribution >= 4 is 40.7 Å². The Hall–Kier alpha value is -1.92. The van der Waals surface area contributed by atoms with Crippen LogP contribution in [0.1, 0.15) is 37.6 Å². The van der Waals surface area contributed by atoms with Crippen molar-refractivity contribution in [1.29, 1.82) is 0 Å². The molecule has 1 rings (SSSR count). The number of hydrogen-bond acceptors (Lipinski definition) is 4. The molecule has 0 unspecified atom stereocenters. The summed E-state index contributed by atoms with van der Waals surface area (Å²) in [5.41, 5.74) is 7.69. The average Bonchev–Trinajstić information content (AvgIpc) is 2.91. The lowest BCUT2D eigenvalue weighted by molar-refractivity contribution is 0.613. The molecule has 1 aromatic rings. The third-order valence-corrected chi connectivity index (χ3v) is 4.30. The third-order valence-electron chi connectivity index (χ3n) is 2.94. The van der Waals surface area contributed by atoms with Crippen LogP contribution in [0.15, 0.2) is 45.8 Å². The SMILES string of the molecule is C=C(N[C@H](C)Cc1ncc(C(=C)C)s1)C(/N=C\N=C(/C)N)=C(/C)Cl. The predicted octanol–water partition coefficient (Wildman–Crippen LogP) is 4.09. The summed E-state index contributed by atoms with van der Waals surface area (Å²) in [7, 11) is 0. The lowest BCUT2D eigenvalue weighted by Crippen LogP contribution is -2.27. The molecule has 0 aliphatic carbocycles. The first-order chi connectivity index (χ1) is 11.2. The molecular weight excluding hydrogens is 342 g/mol. The number of rotatable bonds is 8. The van der Waals surface area contributed by atoms with Gasteiger partial charge in [-0.25, -0.2) is 15.0 Å². The number of allylic oxidation sites excluding steroid dienone is 2. The average molecular weight is 366 g/mol. The number of hydrogen-bond donors (Lipinski definition) is 2. The maximum Gasteiger partial charge on any atom is 0.118 e. The molecule has 1 heterocycles. The Labute approximate surface area is 152 Å². The van der Waals surface area contributed by atoms with E-state index in [1.807, 2.05) is 13.1 Å². The van der Waals surface area contributed by atoms with Crippen LogP contribution in [0.2, 0.25) is 0 Å². The summed E-state index contributed by atoms with van der Waals surface area (Å²) in [6.07, 6.45) is 4.00. The van der Waals surface area contributed by atoms with Crippen LogP contribution in [0.25, 0.3) is 5.57 Å². The van der Waals surface area contributed by atoms with Crippen LogP contribution in [0, 0.1) is 0 Å². The molecule has 130 valence electrons. The van der Waals surface area contributed by atoms with Gasteiger partial charge in [0.25, 0.3) is 0 Å². The molecule has 24 heavy (non-hydrogen) atoms. The highest BCUT2D eigenvalue weighted by atomic mass is 35.5. The van der Waals surface area contributed by atoms with Crippen molar-refractivity contribution in [2.75, 3.05) is 0 Å². The van der Waals surface area contributed by atoms with Gasteiger partial charge in [-0.3, -0.25) is 0 Å². The Morgan fingerprint density at radius 1 is 1.46 bits per heavy atom. The quantitative estimate of drug-likeness (QED) is 0.414. The highest BCUT2D eigenvalue weighted by Gasteiger charge is 2.11. The number of amidine groups is 1. The van der Waals surface area contributed by atoms with E-state index in [9.17, 15) is 0 Å². The van der Waals surface area contributed by atoms with Crippen LogP contribution in [-0.2, 0) is 6.42 Å². The largest absolute Gasteiger partial charge is 0.387 e. The smallest absolute Gasteiger partial charge is 0.118 e. The van der Waals surface area contributed by atoms with Gasteiger partial charge in [0.15, 0.2) is 0 Å². The van der Waals surface area contributed by atoms with E-state index in [2.05, 4.69) is 40.4 Å². The van der Waals surface area contributed by atoms with Gasteiger partial charge in [0.2, 0.25) is 0 Å².